The van der Waals surface area contributed by atoms with E-state index in [1.807, 2.05) is 0 Å². The summed E-state index contributed by atoms with van der Waals surface area (Å²) in [6.45, 7) is 5.12. The molecule has 58 valence electrons. The molecule has 0 fully saturated rings. The van der Waals surface area contributed by atoms with Crippen LogP contribution in [0.3, 0.4) is 0 Å². The predicted octanol–water partition coefficient (Wildman–Crippen LogP) is -0.0311. The zero-order valence-corrected chi connectivity index (χ0v) is 6.40. The highest BCUT2D eigenvalue weighted by Gasteiger charge is 2.12. The number of aryl methyl sites for hydroxylation is 1. The molecule has 0 amide bonds. The second kappa shape index (κ2) is 2.61. The average molecular weight is 152 g/mol. The monoisotopic (exact) mass is 152 g/mol. The van der Waals surface area contributed by atoms with Crippen LogP contribution in [0, 0.1) is 0 Å². The molecular formula is C6H8N4O. The van der Waals surface area contributed by atoms with Crippen molar-refractivity contribution in [2.75, 3.05) is 0 Å². The molecule has 0 unspecified atom stereocenters. The normalized spacial score (nSPS) is 9.64. The third-order valence-corrected chi connectivity index (χ3v) is 1.21. The van der Waals surface area contributed by atoms with E-state index in [9.17, 15) is 4.79 Å². The molecule has 11 heavy (non-hydrogen) atoms. The Bertz CT molecular complexity index is 301. The van der Waals surface area contributed by atoms with Crippen LogP contribution in [0.2, 0.25) is 0 Å². The van der Waals surface area contributed by atoms with Gasteiger partial charge in [0.15, 0.2) is 0 Å². The Labute approximate surface area is 63.7 Å². The first kappa shape index (κ1) is 7.59. The fourth-order valence-electron chi connectivity index (χ4n) is 0.613. The molecule has 0 atom stereocenters. The van der Waals surface area contributed by atoms with Gasteiger partial charge in [-0.15, -0.1) is 5.10 Å². The maximum absolute atomic E-state index is 11.2. The fraction of sp³-hybridized carbons (Fsp3) is 0.333. The molecule has 0 saturated heterocycles. The van der Waals surface area contributed by atoms with Gasteiger partial charge >= 0.3 is 0 Å². The molecule has 0 N–H and O–H groups in total. The van der Waals surface area contributed by atoms with Crippen LogP contribution in [0.15, 0.2) is 12.2 Å². The van der Waals surface area contributed by atoms with Gasteiger partial charge < -0.3 is 0 Å². The molecule has 1 aromatic rings. The summed E-state index contributed by atoms with van der Waals surface area (Å²) in [4.78, 5) is 11.2. The SMILES string of the molecule is C=C(C)C(=O)c1nnnn1C. The molecular weight excluding hydrogens is 144 g/mol. The minimum Gasteiger partial charge on any atom is -0.285 e. The maximum atomic E-state index is 11.2. The Balaban J connectivity index is 3.02. The Morgan fingerprint density at radius 3 is 2.64 bits per heavy atom. The number of ketones is 1. The van der Waals surface area contributed by atoms with Crippen molar-refractivity contribution in [1.82, 2.24) is 20.2 Å². The number of carbonyl (C=O) groups excluding carboxylic acids is 1. The van der Waals surface area contributed by atoms with Gasteiger partial charge in [-0.1, -0.05) is 6.58 Å². The molecule has 1 aromatic heterocycles. The van der Waals surface area contributed by atoms with Gasteiger partial charge in [0, 0.05) is 7.05 Å². The highest BCUT2D eigenvalue weighted by Crippen LogP contribution is 1.98. The Hall–Kier alpha value is -1.52. The molecule has 0 saturated carbocycles. The summed E-state index contributed by atoms with van der Waals surface area (Å²) < 4.78 is 1.32. The van der Waals surface area contributed by atoms with E-state index in [2.05, 4.69) is 22.1 Å². The van der Waals surface area contributed by atoms with E-state index in [0.717, 1.165) is 0 Å². The molecule has 0 radical (unpaired) electrons. The zero-order valence-electron chi connectivity index (χ0n) is 6.40. The number of hydrogen-bond acceptors (Lipinski definition) is 4. The van der Waals surface area contributed by atoms with Crippen molar-refractivity contribution in [3.05, 3.63) is 18.0 Å². The van der Waals surface area contributed by atoms with Crippen molar-refractivity contribution < 1.29 is 4.79 Å². The maximum Gasteiger partial charge on any atom is 0.227 e. The van der Waals surface area contributed by atoms with Crippen molar-refractivity contribution in [2.24, 2.45) is 7.05 Å². The number of rotatable bonds is 2. The summed E-state index contributed by atoms with van der Waals surface area (Å²) in [5.41, 5.74) is 0.433. The Morgan fingerprint density at radius 2 is 2.27 bits per heavy atom. The summed E-state index contributed by atoms with van der Waals surface area (Å²) >= 11 is 0. The van der Waals surface area contributed by atoms with Crippen molar-refractivity contribution in [1.29, 1.82) is 0 Å². The van der Waals surface area contributed by atoms with Gasteiger partial charge in [-0.3, -0.25) is 4.79 Å². The van der Waals surface area contributed by atoms with Gasteiger partial charge in [0.1, 0.15) is 0 Å². The number of carbonyl (C=O) groups is 1. The molecule has 0 aliphatic carbocycles. The van der Waals surface area contributed by atoms with Crippen molar-refractivity contribution >= 4 is 5.78 Å². The molecule has 1 rings (SSSR count). The molecule has 0 aliphatic rings. The quantitative estimate of drug-likeness (QED) is 0.441. The molecule has 0 aliphatic heterocycles. The first-order chi connectivity index (χ1) is 5.13. The molecule has 5 nitrogen and oxygen atoms in total. The number of aromatic nitrogens is 4. The van der Waals surface area contributed by atoms with Crippen LogP contribution in [-0.4, -0.2) is 26.0 Å². The van der Waals surface area contributed by atoms with Crippen LogP contribution >= 0.6 is 0 Å². The lowest BCUT2D eigenvalue weighted by Gasteiger charge is -1.94. The van der Waals surface area contributed by atoms with E-state index < -0.39 is 0 Å². The summed E-state index contributed by atoms with van der Waals surface area (Å²) in [5, 5.41) is 10.4. The van der Waals surface area contributed by atoms with Gasteiger partial charge in [0.25, 0.3) is 0 Å². The summed E-state index contributed by atoms with van der Waals surface area (Å²) in [7, 11) is 1.61. The van der Waals surface area contributed by atoms with Crippen molar-refractivity contribution in [3.8, 4) is 0 Å². The minimum absolute atomic E-state index is 0.220. The van der Waals surface area contributed by atoms with Gasteiger partial charge in [-0.2, -0.15) is 0 Å². The van der Waals surface area contributed by atoms with Gasteiger partial charge in [-0.05, 0) is 22.9 Å². The number of nitrogens with zero attached hydrogens (tertiary/aromatic N) is 4. The topological polar surface area (TPSA) is 60.7 Å². The van der Waals surface area contributed by atoms with Gasteiger partial charge in [-0.25, -0.2) is 4.68 Å². The Kier molecular flexibility index (Phi) is 1.80. The summed E-state index contributed by atoms with van der Waals surface area (Å²) in [6.07, 6.45) is 0. The number of tetrazole rings is 1. The van der Waals surface area contributed by atoms with Crippen LogP contribution < -0.4 is 0 Å². The van der Waals surface area contributed by atoms with Crippen LogP contribution in [-0.2, 0) is 7.05 Å². The molecule has 0 spiro atoms. The van der Waals surface area contributed by atoms with Gasteiger partial charge in [0.05, 0.1) is 0 Å². The molecule has 0 aromatic carbocycles. The van der Waals surface area contributed by atoms with Gasteiger partial charge in [0.2, 0.25) is 11.6 Å². The Morgan fingerprint density at radius 1 is 1.64 bits per heavy atom. The van der Waals surface area contributed by atoms with Crippen LogP contribution in [0.4, 0.5) is 0 Å². The third-order valence-electron chi connectivity index (χ3n) is 1.21. The first-order valence-corrected chi connectivity index (χ1v) is 3.05. The highest BCUT2D eigenvalue weighted by atomic mass is 16.1. The van der Waals surface area contributed by atoms with E-state index >= 15 is 0 Å². The summed E-state index contributed by atoms with van der Waals surface area (Å²) in [6, 6.07) is 0. The van der Waals surface area contributed by atoms with E-state index in [-0.39, 0.29) is 11.6 Å². The summed E-state index contributed by atoms with van der Waals surface area (Å²) in [5.74, 6) is -0.00463. The van der Waals surface area contributed by atoms with E-state index in [0.29, 0.717) is 5.57 Å². The molecule has 0 bridgehead atoms. The van der Waals surface area contributed by atoms with Crippen LogP contribution in [0.25, 0.3) is 0 Å². The van der Waals surface area contributed by atoms with E-state index in [1.54, 1.807) is 14.0 Å². The van der Waals surface area contributed by atoms with Crippen molar-refractivity contribution in [2.45, 2.75) is 6.92 Å². The second-order valence-electron chi connectivity index (χ2n) is 2.24. The largest absolute Gasteiger partial charge is 0.285 e. The number of Topliss-reactive ketones (excluding diaryl/α,β-unsaturated/α-hetero) is 1. The fourth-order valence-corrected chi connectivity index (χ4v) is 0.613. The average Bonchev–Trinajstić information content (AvgIpc) is 2.33. The number of hydrogen-bond donors (Lipinski definition) is 0. The smallest absolute Gasteiger partial charge is 0.227 e. The van der Waals surface area contributed by atoms with Crippen LogP contribution in [0.1, 0.15) is 17.5 Å². The third kappa shape index (κ3) is 1.31. The minimum atomic E-state index is -0.225. The molecule has 1 heterocycles. The second-order valence-corrected chi connectivity index (χ2v) is 2.24. The van der Waals surface area contributed by atoms with Crippen molar-refractivity contribution in [3.63, 3.8) is 0 Å². The lowest BCUT2D eigenvalue weighted by atomic mass is 10.2. The first-order valence-electron chi connectivity index (χ1n) is 3.05. The highest BCUT2D eigenvalue weighted by molar-refractivity contribution is 6.05. The zero-order chi connectivity index (χ0) is 8.43. The molecule has 5 heteroatoms. The van der Waals surface area contributed by atoms with E-state index in [4.69, 9.17) is 0 Å². The standard InChI is InChI=1S/C6H8N4O/c1-4(2)5(11)6-7-8-9-10(6)3/h1H2,2-3H3. The predicted molar refractivity (Wildman–Crippen MR) is 37.9 cm³/mol. The number of allylic oxidation sites excluding steroid dienone is 1. The lowest BCUT2D eigenvalue weighted by molar-refractivity contribution is 0.102. The van der Waals surface area contributed by atoms with Crippen LogP contribution in [0.5, 0.6) is 0 Å². The van der Waals surface area contributed by atoms with E-state index in [1.165, 1.54) is 4.68 Å². The lowest BCUT2D eigenvalue weighted by Crippen LogP contribution is -2.08.